The molecule has 84 valence electrons. The Kier molecular flexibility index (Phi) is 4.73. The molecule has 3 atom stereocenters. The van der Waals surface area contributed by atoms with Crippen molar-refractivity contribution in [3.8, 4) is 0 Å². The van der Waals surface area contributed by atoms with Crippen LogP contribution in [0.5, 0.6) is 0 Å². The van der Waals surface area contributed by atoms with Gasteiger partial charge in [-0.3, -0.25) is 0 Å². The maximum Gasteiger partial charge on any atom is 0.160 e. The van der Waals surface area contributed by atoms with Gasteiger partial charge in [-0.05, 0) is 0 Å². The van der Waals surface area contributed by atoms with E-state index in [9.17, 15) is 10.2 Å². The van der Waals surface area contributed by atoms with Crippen LogP contribution in [0.1, 0.15) is 6.42 Å². The lowest BCUT2D eigenvalue weighted by molar-refractivity contribution is -0.120. The molecular weight excluding hydrogens is 192 g/mol. The van der Waals surface area contributed by atoms with E-state index in [0.717, 1.165) is 0 Å². The fraction of sp³-hybridized carbons (Fsp3) is 1.00. The van der Waals surface area contributed by atoms with E-state index in [1.807, 2.05) is 0 Å². The second kappa shape index (κ2) is 5.59. The molecule has 0 unspecified atom stereocenters. The molecule has 6 heteroatoms. The first kappa shape index (κ1) is 11.8. The Morgan fingerprint density at radius 2 is 1.64 bits per heavy atom. The third-order valence-electron chi connectivity index (χ3n) is 2.10. The van der Waals surface area contributed by atoms with Gasteiger partial charge in [0.05, 0.1) is 25.9 Å². The molecule has 6 nitrogen and oxygen atoms in total. The van der Waals surface area contributed by atoms with E-state index in [4.69, 9.17) is 19.7 Å². The number of rotatable bonds is 5. The van der Waals surface area contributed by atoms with Crippen LogP contribution in [0.15, 0.2) is 0 Å². The average Bonchev–Trinajstić information content (AvgIpc) is 2.68. The lowest BCUT2D eigenvalue weighted by Gasteiger charge is -2.23. The predicted molar refractivity (Wildman–Crippen MR) is 45.4 cm³/mol. The summed E-state index contributed by atoms with van der Waals surface area (Å²) in [5.41, 5.74) is 0. The van der Waals surface area contributed by atoms with Gasteiger partial charge in [0.1, 0.15) is 12.2 Å². The SMILES string of the molecule is OC[C@@H](O)[C@@H](O)[C@H](O)CC1OCCO1. The Morgan fingerprint density at radius 1 is 1.07 bits per heavy atom. The number of aliphatic hydroxyl groups is 4. The third-order valence-corrected chi connectivity index (χ3v) is 2.10. The summed E-state index contributed by atoms with van der Waals surface area (Å²) in [6, 6.07) is 0. The van der Waals surface area contributed by atoms with Gasteiger partial charge in [-0.15, -0.1) is 0 Å². The van der Waals surface area contributed by atoms with Gasteiger partial charge in [0, 0.05) is 6.42 Å². The van der Waals surface area contributed by atoms with Crippen molar-refractivity contribution in [1.82, 2.24) is 0 Å². The van der Waals surface area contributed by atoms with E-state index in [0.29, 0.717) is 13.2 Å². The normalized spacial score (nSPS) is 24.9. The summed E-state index contributed by atoms with van der Waals surface area (Å²) in [7, 11) is 0. The Labute approximate surface area is 81.7 Å². The summed E-state index contributed by atoms with van der Waals surface area (Å²) in [6.07, 6.45) is -4.34. The van der Waals surface area contributed by atoms with E-state index < -0.39 is 31.2 Å². The Bertz CT molecular complexity index is 158. The first-order valence-electron chi connectivity index (χ1n) is 4.53. The highest BCUT2D eigenvalue weighted by Crippen LogP contribution is 2.13. The highest BCUT2D eigenvalue weighted by molar-refractivity contribution is 4.76. The summed E-state index contributed by atoms with van der Waals surface area (Å²) in [5.74, 6) is 0. The molecular formula is C8H16O6. The van der Waals surface area contributed by atoms with Gasteiger partial charge in [0.25, 0.3) is 0 Å². The van der Waals surface area contributed by atoms with E-state index in [1.54, 1.807) is 0 Å². The molecule has 1 heterocycles. The molecule has 0 aliphatic carbocycles. The molecule has 0 aromatic heterocycles. The van der Waals surface area contributed by atoms with Crippen LogP contribution < -0.4 is 0 Å². The van der Waals surface area contributed by atoms with Gasteiger partial charge in [0.15, 0.2) is 6.29 Å². The molecule has 1 aliphatic heterocycles. The molecule has 0 aromatic rings. The van der Waals surface area contributed by atoms with Crippen molar-refractivity contribution in [3.05, 3.63) is 0 Å². The zero-order valence-corrected chi connectivity index (χ0v) is 7.74. The summed E-state index contributed by atoms with van der Waals surface area (Å²) in [6.45, 7) is 0.344. The zero-order chi connectivity index (χ0) is 10.6. The van der Waals surface area contributed by atoms with Crippen molar-refractivity contribution in [1.29, 1.82) is 0 Å². The summed E-state index contributed by atoms with van der Waals surface area (Å²) in [4.78, 5) is 0. The molecule has 0 saturated carbocycles. The standard InChI is InChI=1S/C8H16O6/c9-4-6(11)8(12)5(10)3-7-13-1-2-14-7/h5-12H,1-4H2/t5-,6-,8+/m1/s1. The van der Waals surface area contributed by atoms with Crippen molar-refractivity contribution in [2.45, 2.75) is 31.0 Å². The van der Waals surface area contributed by atoms with Crippen LogP contribution in [0.3, 0.4) is 0 Å². The first-order chi connectivity index (χ1) is 6.65. The van der Waals surface area contributed by atoms with Crippen LogP contribution >= 0.6 is 0 Å². The summed E-state index contributed by atoms with van der Waals surface area (Å²) < 4.78 is 10.1. The molecule has 1 rings (SSSR count). The summed E-state index contributed by atoms with van der Waals surface area (Å²) >= 11 is 0. The minimum Gasteiger partial charge on any atom is -0.394 e. The summed E-state index contributed by atoms with van der Waals surface area (Å²) in [5, 5.41) is 36.2. The van der Waals surface area contributed by atoms with E-state index >= 15 is 0 Å². The first-order valence-corrected chi connectivity index (χ1v) is 4.53. The van der Waals surface area contributed by atoms with Crippen LogP contribution in [0.2, 0.25) is 0 Å². The van der Waals surface area contributed by atoms with Crippen LogP contribution in [-0.2, 0) is 9.47 Å². The molecule has 0 spiro atoms. The molecule has 1 fully saturated rings. The lowest BCUT2D eigenvalue weighted by atomic mass is 10.1. The Morgan fingerprint density at radius 3 is 2.14 bits per heavy atom. The minimum absolute atomic E-state index is 0.0816. The van der Waals surface area contributed by atoms with Crippen molar-refractivity contribution in [2.75, 3.05) is 19.8 Å². The second-order valence-corrected chi connectivity index (χ2v) is 3.21. The van der Waals surface area contributed by atoms with Crippen LogP contribution in [0, 0.1) is 0 Å². The Hall–Kier alpha value is -0.240. The van der Waals surface area contributed by atoms with Gasteiger partial charge >= 0.3 is 0 Å². The zero-order valence-electron chi connectivity index (χ0n) is 7.74. The topological polar surface area (TPSA) is 99.4 Å². The van der Waals surface area contributed by atoms with Gasteiger partial charge in [0.2, 0.25) is 0 Å². The van der Waals surface area contributed by atoms with Crippen molar-refractivity contribution < 1.29 is 29.9 Å². The third kappa shape index (κ3) is 3.16. The quantitative estimate of drug-likeness (QED) is 0.410. The fourth-order valence-electron chi connectivity index (χ4n) is 1.24. The van der Waals surface area contributed by atoms with Crippen LogP contribution in [0.25, 0.3) is 0 Å². The van der Waals surface area contributed by atoms with Gasteiger partial charge in [-0.2, -0.15) is 0 Å². The molecule has 0 aromatic carbocycles. The number of aliphatic hydroxyl groups excluding tert-OH is 4. The molecule has 0 radical (unpaired) electrons. The van der Waals surface area contributed by atoms with Gasteiger partial charge in [-0.25, -0.2) is 0 Å². The average molecular weight is 208 g/mol. The van der Waals surface area contributed by atoms with E-state index in [-0.39, 0.29) is 6.42 Å². The van der Waals surface area contributed by atoms with Crippen molar-refractivity contribution in [3.63, 3.8) is 0 Å². The maximum absolute atomic E-state index is 9.40. The molecule has 14 heavy (non-hydrogen) atoms. The van der Waals surface area contributed by atoms with Gasteiger partial charge in [-0.1, -0.05) is 0 Å². The maximum atomic E-state index is 9.40. The molecule has 1 saturated heterocycles. The molecule has 4 N–H and O–H groups in total. The van der Waals surface area contributed by atoms with Crippen LogP contribution in [0.4, 0.5) is 0 Å². The number of ether oxygens (including phenoxy) is 2. The van der Waals surface area contributed by atoms with Crippen molar-refractivity contribution in [2.24, 2.45) is 0 Å². The van der Waals surface area contributed by atoms with Crippen molar-refractivity contribution >= 4 is 0 Å². The highest BCUT2D eigenvalue weighted by Gasteiger charge is 2.28. The smallest absolute Gasteiger partial charge is 0.160 e. The Balaban J connectivity index is 2.28. The van der Waals surface area contributed by atoms with E-state index in [2.05, 4.69) is 0 Å². The van der Waals surface area contributed by atoms with Gasteiger partial charge < -0.3 is 29.9 Å². The van der Waals surface area contributed by atoms with Crippen LogP contribution in [-0.4, -0.2) is 64.8 Å². The monoisotopic (exact) mass is 208 g/mol. The molecule has 1 aliphatic rings. The highest BCUT2D eigenvalue weighted by atomic mass is 16.7. The number of hydrogen-bond donors (Lipinski definition) is 4. The second-order valence-electron chi connectivity index (χ2n) is 3.21. The number of hydrogen-bond acceptors (Lipinski definition) is 6. The van der Waals surface area contributed by atoms with E-state index in [1.165, 1.54) is 0 Å². The largest absolute Gasteiger partial charge is 0.394 e. The predicted octanol–water partition coefficient (Wildman–Crippen LogP) is -2.18. The minimum atomic E-state index is -1.38. The fourth-order valence-corrected chi connectivity index (χ4v) is 1.24. The molecule has 0 bridgehead atoms. The molecule has 0 amide bonds. The lowest BCUT2D eigenvalue weighted by Crippen LogP contribution is -2.41.